The van der Waals surface area contributed by atoms with E-state index in [0.29, 0.717) is 22.6 Å². The SMILES string of the molecule is COc1cc(-c2ccc3[nH]c(C)c(CC(=O)O)c3c2)c(F)cn1. The number of hydrogen-bond donors (Lipinski definition) is 2. The zero-order valence-electron chi connectivity index (χ0n) is 12.7. The molecule has 3 aromatic rings. The molecule has 0 aliphatic carbocycles. The zero-order valence-corrected chi connectivity index (χ0v) is 12.7. The quantitative estimate of drug-likeness (QED) is 0.774. The number of aryl methyl sites for hydroxylation is 1. The Morgan fingerprint density at radius 1 is 1.39 bits per heavy atom. The first kappa shape index (κ1) is 15.0. The number of hydrogen-bond acceptors (Lipinski definition) is 3. The van der Waals surface area contributed by atoms with Gasteiger partial charge in [-0.25, -0.2) is 9.37 Å². The van der Waals surface area contributed by atoms with Crippen LogP contribution in [0, 0.1) is 12.7 Å². The third-order valence-corrected chi connectivity index (χ3v) is 3.80. The molecule has 0 fully saturated rings. The zero-order chi connectivity index (χ0) is 16.6. The molecule has 5 nitrogen and oxygen atoms in total. The number of ether oxygens (including phenoxy) is 1. The number of nitrogens with one attached hydrogen (secondary N) is 1. The van der Waals surface area contributed by atoms with Crippen LogP contribution in [0.4, 0.5) is 4.39 Å². The highest BCUT2D eigenvalue weighted by atomic mass is 19.1. The van der Waals surface area contributed by atoms with E-state index in [4.69, 9.17) is 9.84 Å². The molecule has 0 unspecified atom stereocenters. The highest BCUT2D eigenvalue weighted by molar-refractivity contribution is 5.91. The standard InChI is InChI=1S/C17H15FN2O3/c1-9-11(7-17(21)22)13-5-10(3-4-15(13)20-9)12-6-16(23-2)19-8-14(12)18/h3-6,8,20H,7H2,1-2H3,(H,21,22). The average molecular weight is 314 g/mol. The van der Waals surface area contributed by atoms with Crippen LogP contribution in [-0.2, 0) is 11.2 Å². The van der Waals surface area contributed by atoms with Crippen LogP contribution in [0.2, 0.25) is 0 Å². The normalized spacial score (nSPS) is 10.9. The number of carbonyl (C=O) groups is 1. The van der Waals surface area contributed by atoms with Gasteiger partial charge in [-0.1, -0.05) is 6.07 Å². The van der Waals surface area contributed by atoms with E-state index in [1.54, 1.807) is 12.1 Å². The molecule has 0 bridgehead atoms. The molecule has 0 saturated heterocycles. The summed E-state index contributed by atoms with van der Waals surface area (Å²) < 4.78 is 19.1. The number of carboxylic acids is 1. The van der Waals surface area contributed by atoms with Gasteiger partial charge in [0.25, 0.3) is 0 Å². The molecule has 2 heterocycles. The summed E-state index contributed by atoms with van der Waals surface area (Å²) in [5, 5.41) is 9.84. The molecular formula is C17H15FN2O3. The molecular weight excluding hydrogens is 299 g/mol. The van der Waals surface area contributed by atoms with Gasteiger partial charge in [-0.15, -0.1) is 0 Å². The summed E-state index contributed by atoms with van der Waals surface area (Å²) >= 11 is 0. The molecule has 6 heteroatoms. The van der Waals surface area contributed by atoms with E-state index in [0.717, 1.165) is 22.8 Å². The third kappa shape index (κ3) is 2.75. The van der Waals surface area contributed by atoms with Crippen LogP contribution in [0.25, 0.3) is 22.0 Å². The van der Waals surface area contributed by atoms with E-state index < -0.39 is 11.8 Å². The van der Waals surface area contributed by atoms with Gasteiger partial charge < -0.3 is 14.8 Å². The third-order valence-electron chi connectivity index (χ3n) is 3.80. The van der Waals surface area contributed by atoms with Crippen molar-refractivity contribution < 1.29 is 19.0 Å². The van der Waals surface area contributed by atoms with Gasteiger partial charge in [0, 0.05) is 28.2 Å². The van der Waals surface area contributed by atoms with Crippen molar-refractivity contribution in [3.8, 4) is 17.0 Å². The summed E-state index contributed by atoms with van der Waals surface area (Å²) in [5.74, 6) is -1.05. The molecule has 0 radical (unpaired) electrons. The van der Waals surface area contributed by atoms with Gasteiger partial charge in [0.1, 0.15) is 5.82 Å². The molecule has 0 aliphatic heterocycles. The molecule has 0 saturated carbocycles. The van der Waals surface area contributed by atoms with Crippen molar-refractivity contribution in [1.82, 2.24) is 9.97 Å². The Morgan fingerprint density at radius 3 is 2.87 bits per heavy atom. The van der Waals surface area contributed by atoms with E-state index in [9.17, 15) is 9.18 Å². The second-order valence-corrected chi connectivity index (χ2v) is 5.27. The predicted molar refractivity (Wildman–Crippen MR) is 84.1 cm³/mol. The summed E-state index contributed by atoms with van der Waals surface area (Å²) in [7, 11) is 1.47. The number of aromatic amines is 1. The Bertz CT molecular complexity index is 902. The molecule has 1 aromatic carbocycles. The van der Waals surface area contributed by atoms with E-state index in [1.165, 1.54) is 13.2 Å². The van der Waals surface area contributed by atoms with Gasteiger partial charge in [-0.05, 0) is 30.2 Å². The number of aromatic nitrogens is 2. The highest BCUT2D eigenvalue weighted by Gasteiger charge is 2.14. The van der Waals surface area contributed by atoms with E-state index in [-0.39, 0.29) is 6.42 Å². The second-order valence-electron chi connectivity index (χ2n) is 5.27. The molecule has 3 rings (SSSR count). The topological polar surface area (TPSA) is 75.2 Å². The number of fused-ring (bicyclic) bond motifs is 1. The van der Waals surface area contributed by atoms with Crippen LogP contribution in [0.15, 0.2) is 30.5 Å². The first-order valence-corrected chi connectivity index (χ1v) is 7.02. The molecule has 118 valence electrons. The molecule has 23 heavy (non-hydrogen) atoms. The molecule has 2 N–H and O–H groups in total. The number of H-pyrrole nitrogens is 1. The largest absolute Gasteiger partial charge is 0.481 e. The van der Waals surface area contributed by atoms with Crippen molar-refractivity contribution in [3.63, 3.8) is 0 Å². The van der Waals surface area contributed by atoms with Crippen molar-refractivity contribution >= 4 is 16.9 Å². The van der Waals surface area contributed by atoms with Crippen LogP contribution in [-0.4, -0.2) is 28.2 Å². The number of nitrogens with zero attached hydrogens (tertiary/aromatic N) is 1. The van der Waals surface area contributed by atoms with E-state index >= 15 is 0 Å². The number of halogens is 1. The van der Waals surface area contributed by atoms with Crippen molar-refractivity contribution in [2.75, 3.05) is 7.11 Å². The van der Waals surface area contributed by atoms with Crippen molar-refractivity contribution in [2.24, 2.45) is 0 Å². The Kier molecular flexibility index (Phi) is 3.73. The summed E-state index contributed by atoms with van der Waals surface area (Å²) in [6.45, 7) is 1.83. The fraction of sp³-hybridized carbons (Fsp3) is 0.176. The monoisotopic (exact) mass is 314 g/mol. The van der Waals surface area contributed by atoms with Gasteiger partial charge >= 0.3 is 5.97 Å². The molecule has 0 aliphatic rings. The lowest BCUT2D eigenvalue weighted by atomic mass is 10.0. The van der Waals surface area contributed by atoms with Crippen LogP contribution in [0.5, 0.6) is 5.88 Å². The predicted octanol–water partition coefficient (Wildman–Crippen LogP) is 3.31. The fourth-order valence-electron chi connectivity index (χ4n) is 2.68. The average Bonchev–Trinajstić information content (AvgIpc) is 2.83. The van der Waals surface area contributed by atoms with E-state index in [2.05, 4.69) is 9.97 Å². The molecule has 2 aromatic heterocycles. The van der Waals surface area contributed by atoms with E-state index in [1.807, 2.05) is 13.0 Å². The lowest BCUT2D eigenvalue weighted by Gasteiger charge is -2.06. The summed E-state index contributed by atoms with van der Waals surface area (Å²) in [6.07, 6.45) is 1.02. The Labute approximate surface area is 131 Å². The van der Waals surface area contributed by atoms with Gasteiger partial charge in [-0.2, -0.15) is 0 Å². The first-order chi connectivity index (χ1) is 11.0. The maximum Gasteiger partial charge on any atom is 0.307 e. The van der Waals surface area contributed by atoms with Crippen molar-refractivity contribution in [3.05, 3.63) is 47.5 Å². The second kappa shape index (κ2) is 5.72. The van der Waals surface area contributed by atoms with Crippen LogP contribution < -0.4 is 4.74 Å². The minimum Gasteiger partial charge on any atom is -0.481 e. The smallest absolute Gasteiger partial charge is 0.307 e. The first-order valence-electron chi connectivity index (χ1n) is 7.02. The lowest BCUT2D eigenvalue weighted by Crippen LogP contribution is -2.00. The summed E-state index contributed by atoms with van der Waals surface area (Å²) in [6, 6.07) is 6.90. The Balaban J connectivity index is 2.18. The van der Waals surface area contributed by atoms with Crippen LogP contribution in [0.3, 0.4) is 0 Å². The van der Waals surface area contributed by atoms with Gasteiger partial charge in [0.05, 0.1) is 19.7 Å². The van der Waals surface area contributed by atoms with Gasteiger partial charge in [0.15, 0.2) is 0 Å². The van der Waals surface area contributed by atoms with Crippen molar-refractivity contribution in [2.45, 2.75) is 13.3 Å². The summed E-state index contributed by atoms with van der Waals surface area (Å²) in [5.41, 5.74) is 3.33. The molecule has 0 atom stereocenters. The number of pyridine rings is 1. The number of carboxylic acid groups (broad SMARTS) is 1. The minimum absolute atomic E-state index is 0.0859. The number of benzene rings is 1. The number of methoxy groups -OCH3 is 1. The maximum atomic E-state index is 14.1. The Morgan fingerprint density at radius 2 is 2.17 bits per heavy atom. The number of rotatable bonds is 4. The number of aliphatic carboxylic acids is 1. The molecule has 0 amide bonds. The fourth-order valence-corrected chi connectivity index (χ4v) is 2.68. The van der Waals surface area contributed by atoms with Crippen LogP contribution in [0.1, 0.15) is 11.3 Å². The van der Waals surface area contributed by atoms with Gasteiger partial charge in [-0.3, -0.25) is 4.79 Å². The lowest BCUT2D eigenvalue weighted by molar-refractivity contribution is -0.136. The van der Waals surface area contributed by atoms with Crippen LogP contribution >= 0.6 is 0 Å². The summed E-state index contributed by atoms with van der Waals surface area (Å²) in [4.78, 5) is 18.0. The maximum absolute atomic E-state index is 14.1. The van der Waals surface area contributed by atoms with Crippen molar-refractivity contribution in [1.29, 1.82) is 0 Å². The minimum atomic E-state index is -0.906. The highest BCUT2D eigenvalue weighted by Crippen LogP contribution is 2.31. The molecule has 0 spiro atoms. The van der Waals surface area contributed by atoms with Gasteiger partial charge in [0.2, 0.25) is 5.88 Å². The Hall–Kier alpha value is -2.89.